The Labute approximate surface area is 146 Å². The number of hydrogen-bond acceptors (Lipinski definition) is 6. The Bertz CT molecular complexity index is 705. The highest BCUT2D eigenvalue weighted by Gasteiger charge is 2.27. The molecule has 0 aliphatic carbocycles. The second kappa shape index (κ2) is 7.58. The average Bonchev–Trinajstić information content (AvgIpc) is 2.54. The van der Waals surface area contributed by atoms with E-state index in [1.54, 1.807) is 4.90 Å². The van der Waals surface area contributed by atoms with Crippen LogP contribution in [0.1, 0.15) is 44.0 Å². The lowest BCUT2D eigenvalue weighted by atomic mass is 10.1. The Kier molecular flexibility index (Phi) is 5.71. The summed E-state index contributed by atoms with van der Waals surface area (Å²) in [7, 11) is 1.27. The van der Waals surface area contributed by atoms with E-state index in [4.69, 9.17) is 9.47 Å². The summed E-state index contributed by atoms with van der Waals surface area (Å²) >= 11 is 0. The monoisotopic (exact) mass is 351 g/mol. The van der Waals surface area contributed by atoms with E-state index in [1.165, 1.54) is 25.4 Å². The molecule has 138 valence electrons. The molecule has 8 heteroatoms. The third kappa shape index (κ3) is 4.98. The predicted molar refractivity (Wildman–Crippen MR) is 89.3 cm³/mol. The normalized spacial score (nSPS) is 18.8. The number of esters is 1. The molecular weight excluding hydrogens is 326 g/mol. The van der Waals surface area contributed by atoms with Crippen molar-refractivity contribution in [3.05, 3.63) is 29.4 Å². The zero-order valence-corrected chi connectivity index (χ0v) is 15.1. The first-order valence-electron chi connectivity index (χ1n) is 8.22. The molecule has 1 aliphatic heterocycles. The van der Waals surface area contributed by atoms with E-state index >= 15 is 0 Å². The Morgan fingerprint density at radius 1 is 1.36 bits per heavy atom. The van der Waals surface area contributed by atoms with Gasteiger partial charge < -0.3 is 19.6 Å². The van der Waals surface area contributed by atoms with E-state index in [2.05, 4.69) is 4.99 Å². The number of rotatable bonds is 2. The lowest BCUT2D eigenvalue weighted by Crippen LogP contribution is -2.45. The minimum absolute atomic E-state index is 0.116. The summed E-state index contributed by atoms with van der Waals surface area (Å²) in [5.41, 5.74) is -0.278. The summed E-state index contributed by atoms with van der Waals surface area (Å²) in [5, 5.41) is 10.0. The second-order valence-electron chi connectivity index (χ2n) is 6.93. The van der Waals surface area contributed by atoms with Crippen LogP contribution in [0.5, 0.6) is 0 Å². The van der Waals surface area contributed by atoms with Gasteiger partial charge in [-0.1, -0.05) is 0 Å². The molecule has 25 heavy (non-hydrogen) atoms. The van der Waals surface area contributed by atoms with Gasteiger partial charge in [-0.3, -0.25) is 4.99 Å². The highest BCUT2D eigenvalue weighted by Crippen LogP contribution is 2.17. The van der Waals surface area contributed by atoms with Crippen LogP contribution in [0.25, 0.3) is 0 Å². The van der Waals surface area contributed by atoms with E-state index in [-0.39, 0.29) is 23.2 Å². The standard InChI is InChI=1S/C17H25N3O5/c1-17(2,3)25-16(22)19-9-5-7-12(11-19)18-14-13(15(21)24-4)8-6-10-20(14)23/h6,8,10,12,23H,5,7,9,11H2,1-4H3/t12-/m1/s1. The predicted octanol–water partition coefficient (Wildman–Crippen LogP) is 1.81. The second-order valence-corrected chi connectivity index (χ2v) is 6.93. The molecule has 2 rings (SSSR count). The van der Waals surface area contributed by atoms with Gasteiger partial charge in [0.2, 0.25) is 0 Å². The van der Waals surface area contributed by atoms with Crippen LogP contribution < -0.4 is 5.49 Å². The number of hydrogen-bond donors (Lipinski definition) is 1. The largest absolute Gasteiger partial charge is 0.465 e. The topological polar surface area (TPSA) is 93.4 Å². The quantitative estimate of drug-likeness (QED) is 0.648. The Morgan fingerprint density at radius 3 is 2.72 bits per heavy atom. The molecule has 0 unspecified atom stereocenters. The van der Waals surface area contributed by atoms with Crippen LogP contribution in [-0.4, -0.2) is 58.7 Å². The molecule has 0 spiro atoms. The fourth-order valence-corrected chi connectivity index (χ4v) is 2.61. The van der Waals surface area contributed by atoms with Gasteiger partial charge in [0, 0.05) is 19.3 Å². The van der Waals surface area contributed by atoms with E-state index in [9.17, 15) is 14.8 Å². The molecule has 0 saturated carbocycles. The number of aromatic nitrogens is 1. The van der Waals surface area contributed by atoms with Gasteiger partial charge in [0.05, 0.1) is 13.2 Å². The molecule has 1 aromatic heterocycles. The van der Waals surface area contributed by atoms with E-state index in [1.807, 2.05) is 20.8 Å². The molecule has 1 N–H and O–H groups in total. The number of pyridine rings is 1. The van der Waals surface area contributed by atoms with Crippen LogP contribution in [-0.2, 0) is 9.47 Å². The lowest BCUT2D eigenvalue weighted by molar-refractivity contribution is 0.0198. The van der Waals surface area contributed by atoms with Gasteiger partial charge >= 0.3 is 12.1 Å². The number of nitrogens with zero attached hydrogens (tertiary/aromatic N) is 3. The fraction of sp³-hybridized carbons (Fsp3) is 0.588. The molecule has 1 aliphatic rings. The highest BCUT2D eigenvalue weighted by atomic mass is 16.6. The third-order valence-corrected chi connectivity index (χ3v) is 3.71. The number of likely N-dealkylation sites (tertiary alicyclic amines) is 1. The van der Waals surface area contributed by atoms with Gasteiger partial charge in [-0.25, -0.2) is 9.59 Å². The third-order valence-electron chi connectivity index (χ3n) is 3.71. The SMILES string of the molecule is COC(=O)c1cccn(O)c1=N[C@@H]1CCCN(C(=O)OC(C)(C)C)C1. The lowest BCUT2D eigenvalue weighted by Gasteiger charge is -2.32. The molecular formula is C17H25N3O5. The number of carbonyl (C=O) groups is 2. The zero-order valence-electron chi connectivity index (χ0n) is 15.1. The molecule has 0 radical (unpaired) electrons. The molecule has 2 heterocycles. The summed E-state index contributed by atoms with van der Waals surface area (Å²) in [6, 6.07) is 2.82. The van der Waals surface area contributed by atoms with E-state index < -0.39 is 11.6 Å². The van der Waals surface area contributed by atoms with Crippen LogP contribution >= 0.6 is 0 Å². The number of carbonyl (C=O) groups excluding carboxylic acids is 2. The summed E-state index contributed by atoms with van der Waals surface area (Å²) in [6.45, 7) is 6.41. The van der Waals surface area contributed by atoms with Crippen LogP contribution in [0.4, 0.5) is 4.79 Å². The molecule has 1 aromatic rings. The summed E-state index contributed by atoms with van der Waals surface area (Å²) in [4.78, 5) is 30.2. The Hall–Kier alpha value is -2.51. The van der Waals surface area contributed by atoms with Crippen LogP contribution in [0.15, 0.2) is 23.3 Å². The van der Waals surface area contributed by atoms with E-state index in [0.29, 0.717) is 13.1 Å². The van der Waals surface area contributed by atoms with Crippen molar-refractivity contribution < 1.29 is 24.3 Å². The van der Waals surface area contributed by atoms with E-state index in [0.717, 1.165) is 17.6 Å². The maximum absolute atomic E-state index is 12.2. The maximum atomic E-state index is 12.2. The van der Waals surface area contributed by atoms with Crippen molar-refractivity contribution in [2.75, 3.05) is 20.2 Å². The number of ether oxygens (including phenoxy) is 2. The van der Waals surface area contributed by atoms with Crippen LogP contribution in [0.2, 0.25) is 0 Å². The van der Waals surface area contributed by atoms with Gasteiger partial charge in [0.25, 0.3) is 0 Å². The molecule has 1 saturated heterocycles. The van der Waals surface area contributed by atoms with Crippen LogP contribution in [0.3, 0.4) is 0 Å². The molecule has 8 nitrogen and oxygen atoms in total. The van der Waals surface area contributed by atoms with Gasteiger partial charge in [-0.2, -0.15) is 4.73 Å². The molecule has 0 aromatic carbocycles. The van der Waals surface area contributed by atoms with Gasteiger partial charge in [0.15, 0.2) is 5.49 Å². The van der Waals surface area contributed by atoms with Gasteiger partial charge in [0.1, 0.15) is 11.2 Å². The average molecular weight is 351 g/mol. The van der Waals surface area contributed by atoms with Crippen molar-refractivity contribution in [1.29, 1.82) is 0 Å². The molecule has 0 bridgehead atoms. The Balaban J connectivity index is 2.24. The number of amides is 1. The number of piperidine rings is 1. The minimum atomic E-state index is -0.582. The summed E-state index contributed by atoms with van der Waals surface area (Å²) < 4.78 is 10.9. The first-order chi connectivity index (χ1) is 11.7. The summed E-state index contributed by atoms with van der Waals surface area (Å²) in [6.07, 6.45) is 2.51. The first-order valence-corrected chi connectivity index (χ1v) is 8.22. The minimum Gasteiger partial charge on any atom is -0.465 e. The molecule has 1 atom stereocenters. The van der Waals surface area contributed by atoms with Crippen molar-refractivity contribution in [2.24, 2.45) is 4.99 Å². The van der Waals surface area contributed by atoms with Gasteiger partial charge in [-0.15, -0.1) is 0 Å². The number of methoxy groups -OCH3 is 1. The van der Waals surface area contributed by atoms with Gasteiger partial charge in [-0.05, 0) is 45.7 Å². The Morgan fingerprint density at radius 2 is 2.08 bits per heavy atom. The van der Waals surface area contributed by atoms with Crippen molar-refractivity contribution in [3.63, 3.8) is 0 Å². The fourth-order valence-electron chi connectivity index (χ4n) is 2.61. The maximum Gasteiger partial charge on any atom is 0.410 e. The summed E-state index contributed by atoms with van der Waals surface area (Å²) in [5.74, 6) is -0.582. The van der Waals surface area contributed by atoms with Crippen molar-refractivity contribution in [3.8, 4) is 0 Å². The first kappa shape index (κ1) is 18.8. The zero-order chi connectivity index (χ0) is 18.6. The van der Waals surface area contributed by atoms with Crippen molar-refractivity contribution in [1.82, 2.24) is 9.63 Å². The van der Waals surface area contributed by atoms with Crippen molar-refractivity contribution >= 4 is 12.1 Å². The smallest absolute Gasteiger partial charge is 0.410 e. The molecule has 1 fully saturated rings. The molecule has 1 amide bonds. The highest BCUT2D eigenvalue weighted by molar-refractivity contribution is 5.88. The van der Waals surface area contributed by atoms with Crippen molar-refractivity contribution in [2.45, 2.75) is 45.3 Å². The van der Waals surface area contributed by atoms with Crippen LogP contribution in [0, 0.1) is 0 Å².